The molecule has 0 spiro atoms. The summed E-state index contributed by atoms with van der Waals surface area (Å²) in [4.78, 5) is 10.8. The van der Waals surface area contributed by atoms with Crippen molar-refractivity contribution < 1.29 is 18.0 Å². The maximum Gasteiger partial charge on any atom is 0.416 e. The minimum atomic E-state index is -4.43. The lowest BCUT2D eigenvalue weighted by Gasteiger charge is -2.09. The van der Waals surface area contributed by atoms with E-state index < -0.39 is 11.7 Å². The quantitative estimate of drug-likeness (QED) is 0.734. The number of hydrogen-bond donors (Lipinski definition) is 0. The maximum atomic E-state index is 12.5. The lowest BCUT2D eigenvalue weighted by atomic mass is 10.0. The summed E-state index contributed by atoms with van der Waals surface area (Å²) in [6, 6.07) is 4.95. The SMILES string of the molecule is O=Cc1cc(C(F)(F)F)ccc1-c1ccsc1. The van der Waals surface area contributed by atoms with Crippen molar-refractivity contribution in [3.05, 3.63) is 46.2 Å². The predicted octanol–water partition coefficient (Wildman–Crippen LogP) is 4.25. The highest BCUT2D eigenvalue weighted by Gasteiger charge is 2.31. The first-order valence-corrected chi connectivity index (χ1v) is 5.65. The third-order valence-corrected chi connectivity index (χ3v) is 3.02. The lowest BCUT2D eigenvalue weighted by Crippen LogP contribution is -2.05. The van der Waals surface area contributed by atoms with Gasteiger partial charge in [0.25, 0.3) is 0 Å². The van der Waals surface area contributed by atoms with Gasteiger partial charge in [-0.2, -0.15) is 24.5 Å². The number of thiophene rings is 1. The second-order valence-corrected chi connectivity index (χ2v) is 4.21. The normalized spacial score (nSPS) is 11.5. The topological polar surface area (TPSA) is 17.1 Å². The molecule has 0 amide bonds. The van der Waals surface area contributed by atoms with E-state index in [1.165, 1.54) is 17.4 Å². The van der Waals surface area contributed by atoms with E-state index >= 15 is 0 Å². The van der Waals surface area contributed by atoms with Crippen molar-refractivity contribution >= 4 is 17.6 Å². The van der Waals surface area contributed by atoms with Gasteiger partial charge in [-0.3, -0.25) is 4.79 Å². The summed E-state index contributed by atoms with van der Waals surface area (Å²) >= 11 is 1.43. The Balaban J connectivity index is 2.54. The Labute approximate surface area is 99.5 Å². The first kappa shape index (κ1) is 11.9. The van der Waals surface area contributed by atoms with Gasteiger partial charge in [-0.25, -0.2) is 0 Å². The van der Waals surface area contributed by atoms with Gasteiger partial charge >= 0.3 is 6.18 Å². The predicted molar refractivity (Wildman–Crippen MR) is 60.1 cm³/mol. The molecule has 0 aliphatic rings. The number of rotatable bonds is 2. The van der Waals surface area contributed by atoms with Gasteiger partial charge in [-0.1, -0.05) is 6.07 Å². The number of hydrogen-bond acceptors (Lipinski definition) is 2. The van der Waals surface area contributed by atoms with Crippen LogP contribution in [0, 0.1) is 0 Å². The summed E-state index contributed by atoms with van der Waals surface area (Å²) in [5.74, 6) is 0. The molecule has 0 unspecified atom stereocenters. The second-order valence-electron chi connectivity index (χ2n) is 3.43. The fraction of sp³-hybridized carbons (Fsp3) is 0.0833. The minimum Gasteiger partial charge on any atom is -0.298 e. The molecule has 1 nitrogen and oxygen atoms in total. The Kier molecular flexibility index (Phi) is 3.02. The zero-order chi connectivity index (χ0) is 12.5. The number of alkyl halides is 3. The molecule has 1 aromatic heterocycles. The Morgan fingerprint density at radius 2 is 1.94 bits per heavy atom. The maximum absolute atomic E-state index is 12.5. The van der Waals surface area contributed by atoms with Crippen LogP contribution in [-0.2, 0) is 6.18 Å². The van der Waals surface area contributed by atoms with Gasteiger partial charge in [0.05, 0.1) is 5.56 Å². The standard InChI is InChI=1S/C12H7F3OS/c13-12(14,15)10-1-2-11(9(5-10)6-16)8-3-4-17-7-8/h1-7H. The molecule has 0 N–H and O–H groups in total. The highest BCUT2D eigenvalue weighted by atomic mass is 32.1. The first-order valence-electron chi connectivity index (χ1n) is 4.71. The summed E-state index contributed by atoms with van der Waals surface area (Å²) in [7, 11) is 0. The van der Waals surface area contributed by atoms with E-state index in [4.69, 9.17) is 0 Å². The van der Waals surface area contributed by atoms with Crippen LogP contribution in [0.5, 0.6) is 0 Å². The van der Waals surface area contributed by atoms with Crippen LogP contribution in [0.15, 0.2) is 35.0 Å². The molecule has 1 aromatic carbocycles. The van der Waals surface area contributed by atoms with E-state index in [1.807, 2.05) is 5.38 Å². The second kappa shape index (κ2) is 4.33. The minimum absolute atomic E-state index is 0.0539. The first-order chi connectivity index (χ1) is 8.02. The molecular weight excluding hydrogens is 249 g/mol. The Morgan fingerprint density at radius 3 is 2.47 bits per heavy atom. The van der Waals surface area contributed by atoms with Crippen LogP contribution in [-0.4, -0.2) is 6.29 Å². The average molecular weight is 256 g/mol. The van der Waals surface area contributed by atoms with Crippen molar-refractivity contribution in [2.45, 2.75) is 6.18 Å². The van der Waals surface area contributed by atoms with Crippen molar-refractivity contribution in [2.24, 2.45) is 0 Å². The molecule has 5 heteroatoms. The summed E-state index contributed by atoms with van der Waals surface area (Å²) in [6.45, 7) is 0. The molecule has 0 aliphatic carbocycles. The molecule has 0 aliphatic heterocycles. The van der Waals surface area contributed by atoms with Crippen molar-refractivity contribution in [3.8, 4) is 11.1 Å². The van der Waals surface area contributed by atoms with E-state index in [0.29, 0.717) is 11.8 Å². The van der Waals surface area contributed by atoms with Crippen LogP contribution < -0.4 is 0 Å². The smallest absolute Gasteiger partial charge is 0.298 e. The van der Waals surface area contributed by atoms with E-state index in [9.17, 15) is 18.0 Å². The number of aldehydes is 1. The van der Waals surface area contributed by atoms with E-state index in [-0.39, 0.29) is 5.56 Å². The van der Waals surface area contributed by atoms with Gasteiger partial charge in [-0.15, -0.1) is 0 Å². The van der Waals surface area contributed by atoms with Gasteiger partial charge < -0.3 is 0 Å². The molecule has 0 radical (unpaired) electrons. The molecule has 17 heavy (non-hydrogen) atoms. The zero-order valence-corrected chi connectivity index (χ0v) is 9.31. The number of carbonyl (C=O) groups excluding carboxylic acids is 1. The summed E-state index contributed by atoms with van der Waals surface area (Å²) in [6.07, 6.45) is -3.98. The van der Waals surface area contributed by atoms with Gasteiger partial charge in [0.15, 0.2) is 6.29 Å². The van der Waals surface area contributed by atoms with Crippen molar-refractivity contribution in [3.63, 3.8) is 0 Å². The van der Waals surface area contributed by atoms with Crippen molar-refractivity contribution in [1.29, 1.82) is 0 Å². The molecule has 0 atom stereocenters. The molecular formula is C12H7F3OS. The molecule has 0 saturated heterocycles. The van der Waals surface area contributed by atoms with Crippen molar-refractivity contribution in [2.75, 3.05) is 0 Å². The molecule has 2 aromatic rings. The van der Waals surface area contributed by atoms with Crippen LogP contribution in [0.2, 0.25) is 0 Å². The zero-order valence-electron chi connectivity index (χ0n) is 8.49. The largest absolute Gasteiger partial charge is 0.416 e. The highest BCUT2D eigenvalue weighted by molar-refractivity contribution is 7.08. The van der Waals surface area contributed by atoms with E-state index in [2.05, 4.69) is 0 Å². The molecule has 0 bridgehead atoms. The Bertz CT molecular complexity index is 529. The Morgan fingerprint density at radius 1 is 1.18 bits per heavy atom. The van der Waals surface area contributed by atoms with Crippen molar-refractivity contribution in [1.82, 2.24) is 0 Å². The number of carbonyl (C=O) groups is 1. The monoisotopic (exact) mass is 256 g/mol. The van der Waals surface area contributed by atoms with Gasteiger partial charge in [0.2, 0.25) is 0 Å². The number of halogens is 3. The fourth-order valence-electron chi connectivity index (χ4n) is 1.52. The van der Waals surface area contributed by atoms with Crippen LogP contribution >= 0.6 is 11.3 Å². The molecule has 1 heterocycles. The summed E-state index contributed by atoms with van der Waals surface area (Å²) in [5.41, 5.74) is 0.525. The van der Waals surface area contributed by atoms with Gasteiger partial charge in [0.1, 0.15) is 0 Å². The van der Waals surface area contributed by atoms with E-state index in [0.717, 1.165) is 17.7 Å². The molecule has 0 fully saturated rings. The highest BCUT2D eigenvalue weighted by Crippen LogP contribution is 2.33. The van der Waals surface area contributed by atoms with E-state index in [1.54, 1.807) is 11.4 Å². The molecule has 2 rings (SSSR count). The van der Waals surface area contributed by atoms with Crippen LogP contribution in [0.25, 0.3) is 11.1 Å². The van der Waals surface area contributed by atoms with Crippen LogP contribution in [0.3, 0.4) is 0 Å². The van der Waals surface area contributed by atoms with Crippen LogP contribution in [0.4, 0.5) is 13.2 Å². The third-order valence-electron chi connectivity index (χ3n) is 2.34. The average Bonchev–Trinajstić information content (AvgIpc) is 2.80. The third kappa shape index (κ3) is 2.39. The summed E-state index contributed by atoms with van der Waals surface area (Å²) < 4.78 is 37.4. The number of benzene rings is 1. The Hall–Kier alpha value is -1.62. The molecule has 88 valence electrons. The lowest BCUT2D eigenvalue weighted by molar-refractivity contribution is -0.137. The fourth-order valence-corrected chi connectivity index (χ4v) is 2.17. The summed E-state index contributed by atoms with van der Waals surface area (Å²) in [5, 5.41) is 3.59. The molecule has 0 saturated carbocycles. The van der Waals surface area contributed by atoms with Crippen LogP contribution in [0.1, 0.15) is 15.9 Å². The van der Waals surface area contributed by atoms with Gasteiger partial charge in [-0.05, 0) is 40.1 Å². The van der Waals surface area contributed by atoms with Gasteiger partial charge in [0, 0.05) is 5.56 Å².